The van der Waals surface area contributed by atoms with Gasteiger partial charge in [-0.1, -0.05) is 0 Å². The normalized spacial score (nSPS) is 10.9. The summed E-state index contributed by atoms with van der Waals surface area (Å²) in [7, 11) is -6.00. The van der Waals surface area contributed by atoms with Crippen LogP contribution < -0.4 is 0 Å². The fourth-order valence-electron chi connectivity index (χ4n) is 0.688. The van der Waals surface area contributed by atoms with Crippen LogP contribution in [0.1, 0.15) is 0 Å². The molecule has 2 aromatic rings. The molecule has 2 heterocycles. The summed E-state index contributed by atoms with van der Waals surface area (Å²) >= 11 is 0. The summed E-state index contributed by atoms with van der Waals surface area (Å²) < 4.78 is 39.0. The largest absolute Gasteiger partial charge is 0.673 e. The molecule has 0 radical (unpaired) electrons. The zero-order chi connectivity index (χ0) is 10.6. The molecule has 0 amide bonds. The van der Waals surface area contributed by atoms with Gasteiger partial charge >= 0.3 is 7.25 Å². The van der Waals surface area contributed by atoms with Crippen molar-refractivity contribution in [1.29, 1.82) is 0 Å². The highest BCUT2D eigenvalue weighted by Crippen LogP contribution is 2.06. The van der Waals surface area contributed by atoms with E-state index >= 15 is 0 Å². The van der Waals surface area contributed by atoms with E-state index in [0.717, 1.165) is 5.52 Å². The van der Waals surface area contributed by atoms with Crippen LogP contribution in [0, 0.1) is 0 Å². The highest BCUT2D eigenvalue weighted by atomic mass is 19.5. The monoisotopic (exact) mass is 207 g/mol. The maximum atomic E-state index is 9.75. The molecule has 2 aromatic heterocycles. The molecule has 0 saturated heterocycles. The molecule has 2 rings (SSSR count). The number of aromatic nitrogens is 4. The van der Waals surface area contributed by atoms with Gasteiger partial charge in [-0.2, -0.15) is 10.3 Å². The van der Waals surface area contributed by atoms with E-state index in [1.54, 1.807) is 6.20 Å². The Morgan fingerprint density at radius 3 is 2.36 bits per heavy atom. The smallest absolute Gasteiger partial charge is 0.418 e. The summed E-state index contributed by atoms with van der Waals surface area (Å²) in [5.74, 6) is 0. The molecule has 0 fully saturated rings. The van der Waals surface area contributed by atoms with Crippen molar-refractivity contribution in [2.75, 3.05) is 0 Å². The molecular formula is C5H4BF4N4-. The Morgan fingerprint density at radius 1 is 1.14 bits per heavy atom. The van der Waals surface area contributed by atoms with E-state index in [0.29, 0.717) is 5.65 Å². The first-order valence-electron chi connectivity index (χ1n) is 3.45. The van der Waals surface area contributed by atoms with Gasteiger partial charge in [0, 0.05) is 6.20 Å². The van der Waals surface area contributed by atoms with E-state index in [2.05, 4.69) is 20.4 Å². The molecule has 0 aliphatic rings. The number of hydrogen-bond donors (Lipinski definition) is 1. The third-order valence-corrected chi connectivity index (χ3v) is 1.09. The third-order valence-electron chi connectivity index (χ3n) is 1.09. The van der Waals surface area contributed by atoms with Crippen molar-refractivity contribution < 1.29 is 17.3 Å². The molecule has 76 valence electrons. The third kappa shape index (κ3) is 3.83. The second-order valence-electron chi connectivity index (χ2n) is 2.16. The first kappa shape index (κ1) is 10.4. The molecule has 0 saturated carbocycles. The first-order chi connectivity index (χ1) is 6.47. The van der Waals surface area contributed by atoms with Crippen LogP contribution in [0.25, 0.3) is 11.2 Å². The quantitative estimate of drug-likeness (QED) is 0.527. The van der Waals surface area contributed by atoms with Gasteiger partial charge in [0.25, 0.3) is 0 Å². The first-order valence-corrected chi connectivity index (χ1v) is 3.45. The number of H-pyrrole nitrogens is 1. The minimum Gasteiger partial charge on any atom is -0.418 e. The number of nitrogens with zero attached hydrogens (tertiary/aromatic N) is 3. The van der Waals surface area contributed by atoms with Gasteiger partial charge in [0.2, 0.25) is 5.65 Å². The van der Waals surface area contributed by atoms with Crippen LogP contribution >= 0.6 is 0 Å². The zero-order valence-electron chi connectivity index (χ0n) is 6.66. The summed E-state index contributed by atoms with van der Waals surface area (Å²) in [6, 6.07) is 3.68. The van der Waals surface area contributed by atoms with E-state index in [9.17, 15) is 17.3 Å². The average molecular weight is 207 g/mol. The summed E-state index contributed by atoms with van der Waals surface area (Å²) in [5, 5.41) is 10.1. The molecule has 0 aliphatic carbocycles. The lowest BCUT2D eigenvalue weighted by molar-refractivity contribution is 0.368. The standard InChI is InChI=1S/C5H4N4.BF4/c1-2-4-5(6-3-1)8-9-7-4;2-1(3,4)5/h1-3H,(H,6,7,8,9);/q;-1. The zero-order valence-corrected chi connectivity index (χ0v) is 6.66. The van der Waals surface area contributed by atoms with Gasteiger partial charge in [-0.25, -0.2) is 4.98 Å². The number of nitrogens with one attached hydrogen (secondary N) is 1. The Balaban J connectivity index is 0.000000171. The molecule has 0 aliphatic heterocycles. The lowest BCUT2D eigenvalue weighted by Crippen LogP contribution is -2.02. The molecule has 0 spiro atoms. The molecular weight excluding hydrogens is 203 g/mol. The summed E-state index contributed by atoms with van der Waals surface area (Å²) in [6.07, 6.45) is 1.69. The second-order valence-corrected chi connectivity index (χ2v) is 2.16. The van der Waals surface area contributed by atoms with Crippen molar-refractivity contribution in [1.82, 2.24) is 20.4 Å². The van der Waals surface area contributed by atoms with Crippen LogP contribution in [0.2, 0.25) is 0 Å². The van der Waals surface area contributed by atoms with Crippen LogP contribution in [0.4, 0.5) is 17.3 Å². The van der Waals surface area contributed by atoms with Crippen LogP contribution in [0.3, 0.4) is 0 Å². The van der Waals surface area contributed by atoms with Gasteiger partial charge in [0.05, 0.1) is 0 Å². The number of rotatable bonds is 0. The van der Waals surface area contributed by atoms with Crippen LogP contribution in [-0.4, -0.2) is 27.6 Å². The Morgan fingerprint density at radius 2 is 1.79 bits per heavy atom. The average Bonchev–Trinajstić information content (AvgIpc) is 2.47. The number of hydrogen-bond acceptors (Lipinski definition) is 3. The van der Waals surface area contributed by atoms with Gasteiger partial charge in [-0.3, -0.25) is 0 Å². The van der Waals surface area contributed by atoms with Crippen LogP contribution in [0.5, 0.6) is 0 Å². The highest BCUT2D eigenvalue weighted by Gasteiger charge is 2.20. The highest BCUT2D eigenvalue weighted by molar-refractivity contribution is 6.50. The van der Waals surface area contributed by atoms with E-state index in [-0.39, 0.29) is 0 Å². The van der Waals surface area contributed by atoms with Crippen molar-refractivity contribution in [3.63, 3.8) is 0 Å². The van der Waals surface area contributed by atoms with Crippen molar-refractivity contribution >= 4 is 18.4 Å². The van der Waals surface area contributed by atoms with E-state index in [1.165, 1.54) is 0 Å². The summed E-state index contributed by atoms with van der Waals surface area (Å²) in [6.45, 7) is 0. The minimum atomic E-state index is -6.00. The van der Waals surface area contributed by atoms with Gasteiger partial charge < -0.3 is 17.3 Å². The Kier molecular flexibility index (Phi) is 3.00. The predicted molar refractivity (Wildman–Crippen MR) is 41.9 cm³/mol. The lowest BCUT2D eigenvalue weighted by atomic mass is 10.3. The number of pyridine rings is 1. The maximum Gasteiger partial charge on any atom is 0.673 e. The summed E-state index contributed by atoms with van der Waals surface area (Å²) in [5.41, 5.74) is 1.47. The van der Waals surface area contributed by atoms with Crippen LogP contribution in [-0.2, 0) is 0 Å². The SMILES string of the molecule is F[B-](F)(F)F.c1cnc2n[nH]nc2c1. The Bertz CT molecular complexity index is 364. The van der Waals surface area contributed by atoms with Crippen molar-refractivity contribution in [2.24, 2.45) is 0 Å². The number of aromatic amines is 1. The Labute approximate surface area is 75.4 Å². The minimum absolute atomic E-state index is 0.664. The predicted octanol–water partition coefficient (Wildman–Crippen LogP) is 1.65. The number of fused-ring (bicyclic) bond motifs is 1. The van der Waals surface area contributed by atoms with Crippen LogP contribution in [0.15, 0.2) is 18.3 Å². The van der Waals surface area contributed by atoms with Crippen molar-refractivity contribution in [3.05, 3.63) is 18.3 Å². The molecule has 0 aromatic carbocycles. The summed E-state index contributed by atoms with van der Waals surface area (Å²) in [4.78, 5) is 3.94. The topological polar surface area (TPSA) is 54.5 Å². The van der Waals surface area contributed by atoms with Crippen molar-refractivity contribution in [2.45, 2.75) is 0 Å². The molecule has 4 nitrogen and oxygen atoms in total. The molecule has 0 unspecified atom stereocenters. The molecule has 14 heavy (non-hydrogen) atoms. The van der Waals surface area contributed by atoms with E-state index in [1.807, 2.05) is 12.1 Å². The fourth-order valence-corrected chi connectivity index (χ4v) is 0.688. The lowest BCUT2D eigenvalue weighted by Gasteiger charge is -1.94. The van der Waals surface area contributed by atoms with Gasteiger partial charge in [0.1, 0.15) is 5.52 Å². The fraction of sp³-hybridized carbons (Fsp3) is 0. The maximum absolute atomic E-state index is 9.75. The molecule has 1 N–H and O–H groups in total. The van der Waals surface area contributed by atoms with Gasteiger partial charge in [0.15, 0.2) is 0 Å². The van der Waals surface area contributed by atoms with E-state index < -0.39 is 7.25 Å². The number of halogens is 4. The van der Waals surface area contributed by atoms with Gasteiger partial charge in [-0.05, 0) is 12.1 Å². The second kappa shape index (κ2) is 4.03. The molecule has 0 atom stereocenters. The van der Waals surface area contributed by atoms with Crippen molar-refractivity contribution in [3.8, 4) is 0 Å². The van der Waals surface area contributed by atoms with Gasteiger partial charge in [-0.15, -0.1) is 5.10 Å². The molecule has 9 heteroatoms. The van der Waals surface area contributed by atoms with E-state index in [4.69, 9.17) is 0 Å². The Hall–Kier alpha value is -1.67. The molecule has 0 bridgehead atoms.